The third-order valence-corrected chi connectivity index (χ3v) is 3.43. The standard InChI is InChI=1S/C16H23NO3/c1-16(2,3)20-15(19)17-10-9-14(18)13(17)11-12-7-5-4-6-8-12/h4-8,13-14,18H,9-11H2,1-3H3/t13-,14-/m0/s1. The van der Waals surface area contributed by atoms with Gasteiger partial charge >= 0.3 is 6.09 Å². The van der Waals surface area contributed by atoms with Crippen molar-refractivity contribution < 1.29 is 14.6 Å². The van der Waals surface area contributed by atoms with Gasteiger partial charge in [0.25, 0.3) is 0 Å². The average molecular weight is 277 g/mol. The van der Waals surface area contributed by atoms with Crippen LogP contribution in [0, 0.1) is 0 Å². The van der Waals surface area contributed by atoms with Crippen molar-refractivity contribution >= 4 is 6.09 Å². The number of likely N-dealkylation sites (tertiary alicyclic amines) is 1. The Morgan fingerprint density at radius 3 is 2.60 bits per heavy atom. The Bertz CT molecular complexity index is 453. The highest BCUT2D eigenvalue weighted by Crippen LogP contribution is 2.24. The monoisotopic (exact) mass is 277 g/mol. The van der Waals surface area contributed by atoms with Crippen molar-refractivity contribution in [2.75, 3.05) is 6.54 Å². The zero-order chi connectivity index (χ0) is 14.8. The molecule has 1 fully saturated rings. The largest absolute Gasteiger partial charge is 0.444 e. The van der Waals surface area contributed by atoms with Gasteiger partial charge in [0, 0.05) is 6.54 Å². The Morgan fingerprint density at radius 2 is 2.00 bits per heavy atom. The minimum Gasteiger partial charge on any atom is -0.444 e. The number of carbonyl (C=O) groups excluding carboxylic acids is 1. The first-order valence-corrected chi connectivity index (χ1v) is 7.08. The molecule has 4 heteroatoms. The second-order valence-electron chi connectivity index (χ2n) is 6.29. The van der Waals surface area contributed by atoms with Crippen LogP contribution in [0.5, 0.6) is 0 Å². The van der Waals surface area contributed by atoms with E-state index < -0.39 is 11.7 Å². The van der Waals surface area contributed by atoms with Gasteiger partial charge in [-0.05, 0) is 39.2 Å². The third kappa shape index (κ3) is 3.73. The summed E-state index contributed by atoms with van der Waals surface area (Å²) in [7, 11) is 0. The molecule has 2 rings (SSSR count). The van der Waals surface area contributed by atoms with Gasteiger partial charge in [-0.15, -0.1) is 0 Å². The first-order valence-electron chi connectivity index (χ1n) is 7.08. The summed E-state index contributed by atoms with van der Waals surface area (Å²) in [4.78, 5) is 13.9. The molecular weight excluding hydrogens is 254 g/mol. The molecule has 0 radical (unpaired) electrons. The lowest BCUT2D eigenvalue weighted by Crippen LogP contribution is -2.43. The van der Waals surface area contributed by atoms with E-state index in [9.17, 15) is 9.90 Å². The molecule has 0 unspecified atom stereocenters. The number of hydrogen-bond donors (Lipinski definition) is 1. The average Bonchev–Trinajstić information content (AvgIpc) is 2.70. The molecular formula is C16H23NO3. The molecule has 0 bridgehead atoms. The number of benzene rings is 1. The van der Waals surface area contributed by atoms with E-state index in [0.717, 1.165) is 5.56 Å². The van der Waals surface area contributed by atoms with Crippen LogP contribution in [0.25, 0.3) is 0 Å². The fourth-order valence-electron chi connectivity index (χ4n) is 2.49. The fraction of sp³-hybridized carbons (Fsp3) is 0.562. The van der Waals surface area contributed by atoms with Crippen LogP contribution in [0.1, 0.15) is 32.8 Å². The fourth-order valence-corrected chi connectivity index (χ4v) is 2.49. The Hall–Kier alpha value is -1.55. The van der Waals surface area contributed by atoms with Crippen LogP contribution in [-0.4, -0.2) is 40.4 Å². The minimum atomic E-state index is -0.512. The summed E-state index contributed by atoms with van der Waals surface area (Å²) in [6, 6.07) is 9.71. The van der Waals surface area contributed by atoms with Crippen LogP contribution < -0.4 is 0 Å². The number of aliphatic hydroxyl groups excluding tert-OH is 1. The van der Waals surface area contributed by atoms with E-state index in [-0.39, 0.29) is 12.1 Å². The number of nitrogens with zero attached hydrogens (tertiary/aromatic N) is 1. The van der Waals surface area contributed by atoms with E-state index in [1.165, 1.54) is 0 Å². The Morgan fingerprint density at radius 1 is 1.35 bits per heavy atom. The maximum Gasteiger partial charge on any atom is 0.410 e. The summed E-state index contributed by atoms with van der Waals surface area (Å²) >= 11 is 0. The lowest BCUT2D eigenvalue weighted by molar-refractivity contribution is 0.0156. The predicted molar refractivity (Wildman–Crippen MR) is 77.5 cm³/mol. The van der Waals surface area contributed by atoms with E-state index in [4.69, 9.17) is 4.74 Å². The number of rotatable bonds is 2. The molecule has 0 saturated carbocycles. The number of amides is 1. The highest BCUT2D eigenvalue weighted by Gasteiger charge is 2.37. The van der Waals surface area contributed by atoms with Crippen molar-refractivity contribution in [3.8, 4) is 0 Å². The Kier molecular flexibility index (Phi) is 4.33. The Labute approximate surface area is 120 Å². The second-order valence-corrected chi connectivity index (χ2v) is 6.29. The molecule has 1 aromatic rings. The molecule has 1 heterocycles. The highest BCUT2D eigenvalue weighted by atomic mass is 16.6. The van der Waals surface area contributed by atoms with Gasteiger partial charge in [-0.25, -0.2) is 4.79 Å². The number of aliphatic hydroxyl groups is 1. The van der Waals surface area contributed by atoms with Crippen LogP contribution >= 0.6 is 0 Å². The summed E-state index contributed by atoms with van der Waals surface area (Å²) in [6.45, 7) is 6.10. The molecule has 1 saturated heterocycles. The first-order chi connectivity index (χ1) is 9.37. The van der Waals surface area contributed by atoms with Crippen LogP contribution in [0.4, 0.5) is 4.79 Å². The zero-order valence-electron chi connectivity index (χ0n) is 12.4. The molecule has 0 spiro atoms. The van der Waals surface area contributed by atoms with Gasteiger partial charge in [0.15, 0.2) is 0 Å². The molecule has 1 N–H and O–H groups in total. The normalized spacial score (nSPS) is 22.9. The first kappa shape index (κ1) is 14.9. The zero-order valence-corrected chi connectivity index (χ0v) is 12.4. The Balaban J connectivity index is 2.07. The number of carbonyl (C=O) groups is 1. The third-order valence-electron chi connectivity index (χ3n) is 3.43. The number of ether oxygens (including phenoxy) is 1. The van der Waals surface area contributed by atoms with Gasteiger partial charge < -0.3 is 14.7 Å². The molecule has 0 aliphatic carbocycles. The van der Waals surface area contributed by atoms with Crippen LogP contribution in [-0.2, 0) is 11.2 Å². The molecule has 1 aliphatic heterocycles. The van der Waals surface area contributed by atoms with Crippen molar-refractivity contribution in [3.05, 3.63) is 35.9 Å². The van der Waals surface area contributed by atoms with Gasteiger partial charge in [0.05, 0.1) is 12.1 Å². The van der Waals surface area contributed by atoms with Gasteiger partial charge in [-0.3, -0.25) is 0 Å². The van der Waals surface area contributed by atoms with E-state index in [0.29, 0.717) is 19.4 Å². The van der Waals surface area contributed by atoms with Gasteiger partial charge in [-0.1, -0.05) is 30.3 Å². The van der Waals surface area contributed by atoms with Gasteiger partial charge in [-0.2, -0.15) is 0 Å². The van der Waals surface area contributed by atoms with Gasteiger partial charge in [0.1, 0.15) is 5.60 Å². The molecule has 2 atom stereocenters. The predicted octanol–water partition coefficient (Wildman–Crippen LogP) is 2.60. The molecule has 110 valence electrons. The van der Waals surface area contributed by atoms with E-state index in [1.54, 1.807) is 4.90 Å². The summed E-state index contributed by atoms with van der Waals surface area (Å²) in [5.74, 6) is 0. The van der Waals surface area contributed by atoms with E-state index in [1.807, 2.05) is 51.1 Å². The van der Waals surface area contributed by atoms with Crippen molar-refractivity contribution in [3.63, 3.8) is 0 Å². The van der Waals surface area contributed by atoms with Gasteiger partial charge in [0.2, 0.25) is 0 Å². The minimum absolute atomic E-state index is 0.202. The van der Waals surface area contributed by atoms with Crippen LogP contribution in [0.2, 0.25) is 0 Å². The molecule has 1 aromatic carbocycles. The highest BCUT2D eigenvalue weighted by molar-refractivity contribution is 5.69. The van der Waals surface area contributed by atoms with Crippen LogP contribution in [0.3, 0.4) is 0 Å². The van der Waals surface area contributed by atoms with Crippen molar-refractivity contribution in [2.24, 2.45) is 0 Å². The topological polar surface area (TPSA) is 49.8 Å². The number of hydrogen-bond acceptors (Lipinski definition) is 3. The second kappa shape index (κ2) is 5.83. The quantitative estimate of drug-likeness (QED) is 0.904. The van der Waals surface area contributed by atoms with Crippen molar-refractivity contribution in [1.82, 2.24) is 4.90 Å². The molecule has 1 aliphatic rings. The SMILES string of the molecule is CC(C)(C)OC(=O)N1CC[C@H](O)[C@@H]1Cc1ccccc1. The summed E-state index contributed by atoms with van der Waals surface area (Å²) in [5, 5.41) is 10.1. The van der Waals surface area contributed by atoms with E-state index in [2.05, 4.69) is 0 Å². The van der Waals surface area contributed by atoms with Crippen molar-refractivity contribution in [2.45, 2.75) is 51.4 Å². The lowest BCUT2D eigenvalue weighted by Gasteiger charge is -2.29. The molecule has 20 heavy (non-hydrogen) atoms. The molecule has 4 nitrogen and oxygen atoms in total. The maximum absolute atomic E-state index is 12.2. The van der Waals surface area contributed by atoms with Crippen LogP contribution in [0.15, 0.2) is 30.3 Å². The molecule has 1 amide bonds. The lowest BCUT2D eigenvalue weighted by atomic mass is 10.0. The van der Waals surface area contributed by atoms with Crippen molar-refractivity contribution in [1.29, 1.82) is 0 Å². The maximum atomic E-state index is 12.2. The molecule has 0 aromatic heterocycles. The smallest absolute Gasteiger partial charge is 0.410 e. The summed E-state index contributed by atoms with van der Waals surface area (Å²) in [6.07, 6.45) is 0.440. The van der Waals surface area contributed by atoms with E-state index >= 15 is 0 Å². The summed E-state index contributed by atoms with van der Waals surface area (Å²) in [5.41, 5.74) is 0.606. The summed E-state index contributed by atoms with van der Waals surface area (Å²) < 4.78 is 5.41.